The van der Waals surface area contributed by atoms with Crippen LogP contribution in [0.5, 0.6) is 5.75 Å². The summed E-state index contributed by atoms with van der Waals surface area (Å²) in [5.74, 6) is 0.626. The zero-order valence-corrected chi connectivity index (χ0v) is 19.3. The highest BCUT2D eigenvalue weighted by molar-refractivity contribution is 5.70. The van der Waals surface area contributed by atoms with E-state index in [0.29, 0.717) is 18.8 Å². The van der Waals surface area contributed by atoms with Crippen LogP contribution in [0.25, 0.3) is 11.3 Å². The SMILES string of the molecule is COc1cc(C)ccc1-c1nnc([C@H](O)C2CCCN(C(=O)OC(C)(C)C)C2)cc1C. The maximum Gasteiger partial charge on any atom is 0.410 e. The molecule has 168 valence electrons. The summed E-state index contributed by atoms with van der Waals surface area (Å²) >= 11 is 0. The molecule has 7 heteroatoms. The Bertz CT molecular complexity index is 939. The van der Waals surface area contributed by atoms with Gasteiger partial charge in [0.25, 0.3) is 0 Å². The molecule has 1 saturated heterocycles. The Morgan fingerprint density at radius 2 is 1.97 bits per heavy atom. The van der Waals surface area contributed by atoms with Crippen LogP contribution >= 0.6 is 0 Å². The molecule has 0 saturated carbocycles. The third-order valence-electron chi connectivity index (χ3n) is 5.47. The van der Waals surface area contributed by atoms with Crippen LogP contribution in [0.2, 0.25) is 0 Å². The maximum absolute atomic E-state index is 12.4. The number of ether oxygens (including phenoxy) is 2. The Morgan fingerprint density at radius 3 is 2.61 bits per heavy atom. The average molecular weight is 428 g/mol. The number of hydrogen-bond donors (Lipinski definition) is 1. The van der Waals surface area contributed by atoms with Gasteiger partial charge in [-0.3, -0.25) is 0 Å². The van der Waals surface area contributed by atoms with Crippen LogP contribution in [0, 0.1) is 19.8 Å². The Hall–Kier alpha value is -2.67. The van der Waals surface area contributed by atoms with Crippen LogP contribution < -0.4 is 4.74 Å². The van der Waals surface area contributed by atoms with E-state index in [2.05, 4.69) is 10.2 Å². The molecular weight excluding hydrogens is 394 g/mol. The molecule has 3 rings (SSSR count). The quantitative estimate of drug-likeness (QED) is 0.776. The lowest BCUT2D eigenvalue weighted by atomic mass is 9.90. The van der Waals surface area contributed by atoms with Crippen molar-refractivity contribution in [3.8, 4) is 17.0 Å². The minimum absolute atomic E-state index is 0.116. The summed E-state index contributed by atoms with van der Waals surface area (Å²) < 4.78 is 11.0. The highest BCUT2D eigenvalue weighted by Gasteiger charge is 2.32. The second-order valence-corrected chi connectivity index (χ2v) is 9.28. The van der Waals surface area contributed by atoms with Gasteiger partial charge in [0.15, 0.2) is 0 Å². The second-order valence-electron chi connectivity index (χ2n) is 9.28. The fraction of sp³-hybridized carbons (Fsp3) is 0.542. The summed E-state index contributed by atoms with van der Waals surface area (Å²) in [6.45, 7) is 10.6. The molecule has 0 bridgehead atoms. The molecule has 0 spiro atoms. The predicted molar refractivity (Wildman–Crippen MR) is 119 cm³/mol. The molecule has 1 fully saturated rings. The van der Waals surface area contributed by atoms with E-state index in [1.54, 1.807) is 12.0 Å². The Morgan fingerprint density at radius 1 is 1.23 bits per heavy atom. The fourth-order valence-electron chi connectivity index (χ4n) is 3.91. The first kappa shape index (κ1) is 23.0. The smallest absolute Gasteiger partial charge is 0.410 e. The van der Waals surface area contributed by atoms with Gasteiger partial charge < -0.3 is 19.5 Å². The molecule has 2 atom stereocenters. The number of amides is 1. The third kappa shape index (κ3) is 5.53. The van der Waals surface area contributed by atoms with E-state index in [1.807, 2.05) is 58.9 Å². The van der Waals surface area contributed by atoms with Gasteiger partial charge in [0.05, 0.1) is 18.5 Å². The Labute approximate surface area is 184 Å². The lowest BCUT2D eigenvalue weighted by molar-refractivity contribution is 0.00159. The number of aromatic nitrogens is 2. The largest absolute Gasteiger partial charge is 0.496 e. The van der Waals surface area contributed by atoms with Crippen molar-refractivity contribution in [1.29, 1.82) is 0 Å². The molecular formula is C24H33N3O4. The van der Waals surface area contributed by atoms with E-state index in [0.717, 1.165) is 41.0 Å². The number of hydrogen-bond acceptors (Lipinski definition) is 6. The average Bonchev–Trinajstić information content (AvgIpc) is 2.72. The molecule has 31 heavy (non-hydrogen) atoms. The summed E-state index contributed by atoms with van der Waals surface area (Å²) in [6, 6.07) is 7.82. The van der Waals surface area contributed by atoms with Gasteiger partial charge in [0, 0.05) is 24.6 Å². The van der Waals surface area contributed by atoms with Gasteiger partial charge in [0.1, 0.15) is 17.5 Å². The highest BCUT2D eigenvalue weighted by Crippen LogP contribution is 2.34. The molecule has 2 aromatic rings. The van der Waals surface area contributed by atoms with Crippen molar-refractivity contribution in [3.63, 3.8) is 0 Å². The minimum Gasteiger partial charge on any atom is -0.496 e. The lowest BCUT2D eigenvalue weighted by Crippen LogP contribution is -2.44. The number of carbonyl (C=O) groups excluding carboxylic acids is 1. The second kappa shape index (κ2) is 9.22. The first-order valence-corrected chi connectivity index (χ1v) is 10.7. The number of aryl methyl sites for hydroxylation is 2. The summed E-state index contributed by atoms with van der Waals surface area (Å²) in [7, 11) is 1.64. The van der Waals surface area contributed by atoms with Crippen LogP contribution in [-0.2, 0) is 4.74 Å². The van der Waals surface area contributed by atoms with Crippen molar-refractivity contribution >= 4 is 6.09 Å². The molecule has 2 heterocycles. The van der Waals surface area contributed by atoms with Gasteiger partial charge >= 0.3 is 6.09 Å². The molecule has 1 aliphatic rings. The van der Waals surface area contributed by atoms with Crippen molar-refractivity contribution in [3.05, 3.63) is 41.1 Å². The number of carbonyl (C=O) groups is 1. The Balaban J connectivity index is 1.77. The number of methoxy groups -OCH3 is 1. The van der Waals surface area contributed by atoms with Crippen molar-refractivity contribution < 1.29 is 19.4 Å². The lowest BCUT2D eigenvalue weighted by Gasteiger charge is -2.35. The van der Waals surface area contributed by atoms with Gasteiger partial charge in [-0.15, -0.1) is 5.10 Å². The van der Waals surface area contributed by atoms with Crippen LogP contribution in [0.1, 0.15) is 56.5 Å². The topological polar surface area (TPSA) is 84.8 Å². The highest BCUT2D eigenvalue weighted by atomic mass is 16.6. The maximum atomic E-state index is 12.4. The van der Waals surface area contributed by atoms with Crippen LogP contribution in [0.3, 0.4) is 0 Å². The number of aliphatic hydroxyl groups excluding tert-OH is 1. The predicted octanol–water partition coefficient (Wildman–Crippen LogP) is 4.45. The zero-order chi connectivity index (χ0) is 22.8. The van der Waals surface area contributed by atoms with E-state index in [-0.39, 0.29) is 12.0 Å². The first-order valence-electron chi connectivity index (χ1n) is 10.7. The number of nitrogens with zero attached hydrogens (tertiary/aromatic N) is 3. The Kier molecular flexibility index (Phi) is 6.84. The molecule has 0 aliphatic carbocycles. The molecule has 1 N–H and O–H groups in total. The van der Waals surface area contributed by atoms with Crippen LogP contribution in [-0.4, -0.2) is 52.1 Å². The minimum atomic E-state index is -0.801. The van der Waals surface area contributed by atoms with E-state index in [9.17, 15) is 9.90 Å². The number of piperidine rings is 1. The third-order valence-corrected chi connectivity index (χ3v) is 5.47. The van der Waals surface area contributed by atoms with Crippen LogP contribution in [0.15, 0.2) is 24.3 Å². The van der Waals surface area contributed by atoms with Crippen molar-refractivity contribution in [2.75, 3.05) is 20.2 Å². The van der Waals surface area contributed by atoms with Gasteiger partial charge in [-0.05, 0) is 76.8 Å². The molecule has 7 nitrogen and oxygen atoms in total. The summed E-state index contributed by atoms with van der Waals surface area (Å²) in [6.07, 6.45) is 0.486. The van der Waals surface area contributed by atoms with E-state index in [1.165, 1.54) is 0 Å². The fourth-order valence-corrected chi connectivity index (χ4v) is 3.91. The summed E-state index contributed by atoms with van der Waals surface area (Å²) in [5, 5.41) is 19.7. The van der Waals surface area contributed by atoms with E-state index >= 15 is 0 Å². The zero-order valence-electron chi connectivity index (χ0n) is 19.3. The van der Waals surface area contributed by atoms with Crippen LogP contribution in [0.4, 0.5) is 4.79 Å². The van der Waals surface area contributed by atoms with Gasteiger partial charge in [-0.2, -0.15) is 5.10 Å². The molecule has 1 amide bonds. The molecule has 0 radical (unpaired) electrons. The van der Waals surface area contributed by atoms with Crippen molar-refractivity contribution in [1.82, 2.24) is 15.1 Å². The molecule has 1 aliphatic heterocycles. The first-order chi connectivity index (χ1) is 14.6. The monoisotopic (exact) mass is 427 g/mol. The standard InChI is InChI=1S/C24H33N3O4/c1-15-9-10-18(20(12-15)30-6)21-16(2)13-19(25-26-21)22(28)17-8-7-11-27(14-17)23(29)31-24(3,4)5/h9-10,12-13,17,22,28H,7-8,11,14H2,1-6H3/t17?,22-/m1/s1. The number of benzene rings is 1. The summed E-state index contributed by atoms with van der Waals surface area (Å²) in [5.41, 5.74) is 3.58. The number of rotatable bonds is 4. The number of aliphatic hydroxyl groups is 1. The van der Waals surface area contributed by atoms with Crippen molar-refractivity contribution in [2.45, 2.75) is 59.2 Å². The summed E-state index contributed by atoms with van der Waals surface area (Å²) in [4.78, 5) is 14.1. The van der Waals surface area contributed by atoms with E-state index in [4.69, 9.17) is 9.47 Å². The van der Waals surface area contributed by atoms with Gasteiger partial charge in [-0.25, -0.2) is 4.79 Å². The molecule has 1 aromatic carbocycles. The van der Waals surface area contributed by atoms with Gasteiger partial charge in [-0.1, -0.05) is 6.07 Å². The van der Waals surface area contributed by atoms with Gasteiger partial charge in [0.2, 0.25) is 0 Å². The number of likely N-dealkylation sites (tertiary alicyclic amines) is 1. The molecule has 1 aromatic heterocycles. The molecule has 1 unspecified atom stereocenters. The normalized spacial score (nSPS) is 17.9. The van der Waals surface area contributed by atoms with E-state index < -0.39 is 11.7 Å². The van der Waals surface area contributed by atoms with Crippen molar-refractivity contribution in [2.24, 2.45) is 5.92 Å².